The molecule has 1 N–H and O–H groups in total. The molecular weight excluding hydrogens is 504 g/mol. The van der Waals surface area contributed by atoms with E-state index in [1.807, 2.05) is 86.5 Å². The van der Waals surface area contributed by atoms with Crippen LogP contribution >= 0.6 is 0 Å². The molecule has 3 aliphatic rings. The van der Waals surface area contributed by atoms with E-state index in [9.17, 15) is 14.4 Å². The molecule has 7 nitrogen and oxygen atoms in total. The third-order valence-corrected chi connectivity index (χ3v) is 8.53. The highest BCUT2D eigenvalue weighted by Crippen LogP contribution is 2.62. The van der Waals surface area contributed by atoms with Gasteiger partial charge in [0.2, 0.25) is 5.91 Å². The smallest absolute Gasteiger partial charge is 0.238 e. The van der Waals surface area contributed by atoms with Crippen molar-refractivity contribution in [3.8, 4) is 11.5 Å². The number of ketones is 2. The van der Waals surface area contributed by atoms with Gasteiger partial charge in [0.15, 0.2) is 11.6 Å². The summed E-state index contributed by atoms with van der Waals surface area (Å²) in [5, 5.41) is 3.07. The number of rotatable bonds is 5. The van der Waals surface area contributed by atoms with Gasteiger partial charge in [0.05, 0.1) is 37.8 Å². The van der Waals surface area contributed by atoms with Crippen LogP contribution in [0.4, 0.5) is 5.69 Å². The summed E-state index contributed by atoms with van der Waals surface area (Å²) in [6.07, 6.45) is 3.84. The summed E-state index contributed by atoms with van der Waals surface area (Å²) < 4.78 is 11.1. The Labute approximate surface area is 233 Å². The number of fused-ring (bicyclic) bond motifs is 6. The molecule has 7 heteroatoms. The second-order valence-electron chi connectivity index (χ2n) is 11.6. The fourth-order valence-electron chi connectivity index (χ4n) is 6.79. The van der Waals surface area contributed by atoms with E-state index in [0.717, 1.165) is 11.1 Å². The number of Topliss-reactive ketones (excluding diaryl/α,β-unsaturated/α-hetero) is 2. The number of para-hydroxylation sites is 1. The van der Waals surface area contributed by atoms with Crippen LogP contribution in [0.15, 0.2) is 72.9 Å². The van der Waals surface area contributed by atoms with Gasteiger partial charge in [-0.2, -0.15) is 0 Å². The molecule has 0 saturated carbocycles. The van der Waals surface area contributed by atoms with Crippen molar-refractivity contribution in [2.75, 3.05) is 19.5 Å². The molecule has 0 aromatic heterocycles. The molecular formula is C33H32N2O5. The maximum absolute atomic E-state index is 15.0. The molecule has 40 heavy (non-hydrogen) atoms. The van der Waals surface area contributed by atoms with Crippen LogP contribution in [0.25, 0.3) is 6.08 Å². The summed E-state index contributed by atoms with van der Waals surface area (Å²) in [7, 11) is 3.03. The summed E-state index contributed by atoms with van der Waals surface area (Å²) in [5.41, 5.74) is 1.33. The van der Waals surface area contributed by atoms with Gasteiger partial charge in [0.25, 0.3) is 0 Å². The van der Waals surface area contributed by atoms with E-state index in [1.54, 1.807) is 18.2 Å². The second kappa shape index (κ2) is 9.08. The minimum Gasteiger partial charge on any atom is -0.497 e. The van der Waals surface area contributed by atoms with Gasteiger partial charge in [0, 0.05) is 17.3 Å². The lowest BCUT2D eigenvalue weighted by Gasteiger charge is -2.38. The maximum atomic E-state index is 15.0. The molecule has 1 amide bonds. The number of hydrogen-bond acceptors (Lipinski definition) is 6. The zero-order chi connectivity index (χ0) is 28.4. The van der Waals surface area contributed by atoms with Crippen molar-refractivity contribution in [3.63, 3.8) is 0 Å². The topological polar surface area (TPSA) is 84.9 Å². The van der Waals surface area contributed by atoms with Crippen LogP contribution in [-0.2, 0) is 15.0 Å². The van der Waals surface area contributed by atoms with Crippen LogP contribution in [0.5, 0.6) is 11.5 Å². The molecule has 204 valence electrons. The van der Waals surface area contributed by atoms with E-state index >= 15 is 0 Å². The molecule has 1 fully saturated rings. The van der Waals surface area contributed by atoms with E-state index in [2.05, 4.69) is 5.32 Å². The molecule has 3 heterocycles. The average molecular weight is 537 g/mol. The van der Waals surface area contributed by atoms with E-state index < -0.39 is 28.8 Å². The summed E-state index contributed by atoms with van der Waals surface area (Å²) in [5.74, 6) is -0.964. The molecule has 3 aliphatic heterocycles. The highest BCUT2D eigenvalue weighted by atomic mass is 16.5. The molecule has 4 unspecified atom stereocenters. The third kappa shape index (κ3) is 3.46. The van der Waals surface area contributed by atoms with Crippen molar-refractivity contribution in [2.45, 2.75) is 38.3 Å². The standard InChI is InChI=1S/C33H32N2O5/c1-32(2,3)30(37)27-26(28(36)22-18-20(39-4)14-15-25(22)40-5)33(23-12-8-9-13-24(23)34-31(33)38)29-21-11-7-6-10-19(21)16-17-35(27)29/h6-18,26-27,29H,1-5H3,(H,34,38). The van der Waals surface area contributed by atoms with Crippen molar-refractivity contribution in [2.24, 2.45) is 11.3 Å². The predicted octanol–water partition coefficient (Wildman–Crippen LogP) is 5.42. The van der Waals surface area contributed by atoms with Crippen molar-refractivity contribution < 1.29 is 23.9 Å². The van der Waals surface area contributed by atoms with Gasteiger partial charge in [-0.25, -0.2) is 0 Å². The summed E-state index contributed by atoms with van der Waals surface area (Å²) in [6, 6.07) is 18.9. The Kier molecular flexibility index (Phi) is 5.87. The van der Waals surface area contributed by atoms with Crippen LogP contribution < -0.4 is 14.8 Å². The molecule has 0 radical (unpaired) electrons. The van der Waals surface area contributed by atoms with Gasteiger partial charge in [0.1, 0.15) is 16.9 Å². The number of methoxy groups -OCH3 is 2. The number of benzene rings is 3. The molecule has 3 aromatic rings. The van der Waals surface area contributed by atoms with Crippen molar-refractivity contribution in [3.05, 3.63) is 95.2 Å². The third-order valence-electron chi connectivity index (χ3n) is 8.53. The highest BCUT2D eigenvalue weighted by molar-refractivity contribution is 6.16. The Morgan fingerprint density at radius 2 is 1.68 bits per heavy atom. The number of nitrogens with zero attached hydrogens (tertiary/aromatic N) is 1. The molecule has 0 aliphatic carbocycles. The first-order valence-electron chi connectivity index (χ1n) is 13.4. The maximum Gasteiger partial charge on any atom is 0.238 e. The van der Waals surface area contributed by atoms with Gasteiger partial charge >= 0.3 is 0 Å². The fraction of sp³-hybridized carbons (Fsp3) is 0.303. The lowest BCUT2D eigenvalue weighted by Crippen LogP contribution is -2.50. The van der Waals surface area contributed by atoms with Gasteiger partial charge in [-0.15, -0.1) is 0 Å². The summed E-state index contributed by atoms with van der Waals surface area (Å²) >= 11 is 0. The second-order valence-corrected chi connectivity index (χ2v) is 11.6. The number of anilines is 1. The monoisotopic (exact) mass is 536 g/mol. The normalized spacial score (nSPS) is 24.3. The number of nitrogens with one attached hydrogen (secondary N) is 1. The fourth-order valence-corrected chi connectivity index (χ4v) is 6.79. The predicted molar refractivity (Wildman–Crippen MR) is 152 cm³/mol. The van der Waals surface area contributed by atoms with Gasteiger partial charge in [-0.05, 0) is 47.0 Å². The lowest BCUT2D eigenvalue weighted by atomic mass is 9.62. The Bertz CT molecular complexity index is 1590. The quantitative estimate of drug-likeness (QED) is 0.439. The molecule has 1 spiro atoms. The number of hydrogen-bond donors (Lipinski definition) is 1. The minimum absolute atomic E-state index is 0.115. The molecule has 3 aromatic carbocycles. The largest absolute Gasteiger partial charge is 0.497 e. The number of carbonyl (C=O) groups is 3. The SMILES string of the molecule is COc1ccc(OC)c(C(=O)C2C(C(=O)C(C)(C)C)N3C=Cc4ccccc4C3C23C(=O)Nc2ccccc23)c1. The number of amides is 1. The van der Waals surface area contributed by atoms with Crippen molar-refractivity contribution in [1.29, 1.82) is 0 Å². The number of carbonyl (C=O) groups excluding carboxylic acids is 3. The van der Waals surface area contributed by atoms with Crippen molar-refractivity contribution >= 4 is 29.2 Å². The first-order valence-corrected chi connectivity index (χ1v) is 13.4. The van der Waals surface area contributed by atoms with Crippen LogP contribution in [0.1, 0.15) is 53.9 Å². The molecule has 6 rings (SSSR count). The molecule has 0 bridgehead atoms. The van der Waals surface area contributed by atoms with E-state index in [4.69, 9.17) is 9.47 Å². The van der Waals surface area contributed by atoms with E-state index in [0.29, 0.717) is 22.7 Å². The number of ether oxygens (including phenoxy) is 2. The van der Waals surface area contributed by atoms with Gasteiger partial charge in [-0.3, -0.25) is 14.4 Å². The zero-order valence-corrected chi connectivity index (χ0v) is 23.2. The minimum atomic E-state index is -1.38. The van der Waals surface area contributed by atoms with Crippen LogP contribution in [0.3, 0.4) is 0 Å². The van der Waals surface area contributed by atoms with E-state index in [-0.39, 0.29) is 23.0 Å². The van der Waals surface area contributed by atoms with E-state index in [1.165, 1.54) is 14.2 Å². The molecule has 4 atom stereocenters. The lowest BCUT2D eigenvalue weighted by molar-refractivity contribution is -0.131. The van der Waals surface area contributed by atoms with Gasteiger partial charge in [-0.1, -0.05) is 63.2 Å². The summed E-state index contributed by atoms with van der Waals surface area (Å²) in [4.78, 5) is 45.8. The average Bonchev–Trinajstić information content (AvgIpc) is 3.43. The first kappa shape index (κ1) is 25.9. The Hall–Kier alpha value is -4.39. The Morgan fingerprint density at radius 3 is 2.40 bits per heavy atom. The van der Waals surface area contributed by atoms with Crippen molar-refractivity contribution in [1.82, 2.24) is 4.90 Å². The van der Waals surface area contributed by atoms with Crippen LogP contribution in [0, 0.1) is 11.3 Å². The van der Waals surface area contributed by atoms with Gasteiger partial charge < -0.3 is 19.7 Å². The Morgan fingerprint density at radius 1 is 0.950 bits per heavy atom. The summed E-state index contributed by atoms with van der Waals surface area (Å²) in [6.45, 7) is 5.56. The first-order chi connectivity index (χ1) is 19.1. The van der Waals surface area contributed by atoms with Crippen LogP contribution in [0.2, 0.25) is 0 Å². The zero-order valence-electron chi connectivity index (χ0n) is 23.2. The van der Waals surface area contributed by atoms with Crippen LogP contribution in [-0.4, -0.2) is 42.6 Å². The highest BCUT2D eigenvalue weighted by Gasteiger charge is 2.71. The molecule has 1 saturated heterocycles. The Balaban J connectivity index is 1.70.